The van der Waals surface area contributed by atoms with Gasteiger partial charge in [-0.2, -0.15) is 0 Å². The molecule has 31 heavy (non-hydrogen) atoms. The average Bonchev–Trinajstić information content (AvgIpc) is 3.22. The number of aromatic nitrogens is 1. The second-order valence-corrected chi connectivity index (χ2v) is 8.06. The zero-order valence-electron chi connectivity index (χ0n) is 16.9. The molecule has 1 aliphatic rings. The Kier molecular flexibility index (Phi) is 5.18. The van der Waals surface area contributed by atoms with E-state index < -0.39 is 0 Å². The van der Waals surface area contributed by atoms with Crippen LogP contribution in [0.2, 0.25) is 0 Å². The first-order chi connectivity index (χ1) is 15.2. The molecule has 6 nitrogen and oxygen atoms in total. The summed E-state index contributed by atoms with van der Waals surface area (Å²) < 4.78 is 17.7. The van der Waals surface area contributed by atoms with Gasteiger partial charge in [0.25, 0.3) is 0 Å². The van der Waals surface area contributed by atoms with Crippen LogP contribution in [0.4, 0.5) is 10.8 Å². The molecule has 0 atom stereocenters. The number of hydrogen-bond donors (Lipinski definition) is 0. The summed E-state index contributed by atoms with van der Waals surface area (Å²) >= 11 is 1.48. The van der Waals surface area contributed by atoms with E-state index in [4.69, 9.17) is 19.2 Å². The summed E-state index contributed by atoms with van der Waals surface area (Å²) in [6, 6.07) is 20.9. The molecule has 0 spiro atoms. The molecule has 0 unspecified atom stereocenters. The number of methoxy groups -OCH3 is 1. The minimum atomic E-state index is -0.0935. The van der Waals surface area contributed by atoms with Gasteiger partial charge in [-0.05, 0) is 42.0 Å². The minimum absolute atomic E-state index is 0.0935. The van der Waals surface area contributed by atoms with Crippen LogP contribution in [-0.4, -0.2) is 31.2 Å². The van der Waals surface area contributed by atoms with E-state index in [2.05, 4.69) is 0 Å². The number of thiazole rings is 1. The highest BCUT2D eigenvalue weighted by atomic mass is 32.1. The van der Waals surface area contributed by atoms with Crippen molar-refractivity contribution in [3.8, 4) is 17.2 Å². The summed E-state index contributed by atoms with van der Waals surface area (Å²) in [5.74, 6) is 1.96. The number of amides is 1. The maximum absolute atomic E-state index is 13.5. The van der Waals surface area contributed by atoms with Crippen LogP contribution in [0.5, 0.6) is 17.2 Å². The predicted octanol–water partition coefficient (Wildman–Crippen LogP) is 4.98. The van der Waals surface area contributed by atoms with Crippen molar-refractivity contribution in [2.75, 3.05) is 25.2 Å². The Morgan fingerprint density at radius 3 is 2.71 bits per heavy atom. The third-order valence-electron chi connectivity index (χ3n) is 5.00. The van der Waals surface area contributed by atoms with Gasteiger partial charge in [0, 0.05) is 6.07 Å². The number of anilines is 2. The van der Waals surface area contributed by atoms with Crippen LogP contribution in [0.1, 0.15) is 5.56 Å². The molecule has 0 saturated heterocycles. The first kappa shape index (κ1) is 19.4. The lowest BCUT2D eigenvalue weighted by Gasteiger charge is -2.22. The SMILES string of the molecule is COc1cccc(N(C(=O)Cc2ccc3c(c2)OCCO3)c2nc3ccccc3s2)c1. The van der Waals surface area contributed by atoms with Crippen LogP contribution in [0.3, 0.4) is 0 Å². The number of para-hydroxylation sites is 1. The Morgan fingerprint density at radius 1 is 1.03 bits per heavy atom. The smallest absolute Gasteiger partial charge is 0.237 e. The van der Waals surface area contributed by atoms with Gasteiger partial charge in [0.05, 0.1) is 29.4 Å². The van der Waals surface area contributed by atoms with Crippen molar-refractivity contribution in [2.45, 2.75) is 6.42 Å². The molecule has 7 heteroatoms. The first-order valence-corrected chi connectivity index (χ1v) is 10.7. The highest BCUT2D eigenvalue weighted by molar-refractivity contribution is 7.22. The summed E-state index contributed by atoms with van der Waals surface area (Å²) in [6.45, 7) is 1.04. The standard InChI is InChI=1S/C24H20N2O4S/c1-28-18-6-4-5-17(15-18)26(24-25-19-7-2-3-8-22(19)31-24)23(27)14-16-9-10-20-21(13-16)30-12-11-29-20/h2-10,13,15H,11-12,14H2,1H3. The lowest BCUT2D eigenvalue weighted by molar-refractivity contribution is -0.117. The number of fused-ring (bicyclic) bond motifs is 2. The number of hydrogen-bond acceptors (Lipinski definition) is 6. The van der Waals surface area contributed by atoms with Gasteiger partial charge >= 0.3 is 0 Å². The zero-order chi connectivity index (χ0) is 21.2. The van der Waals surface area contributed by atoms with Crippen LogP contribution in [0.25, 0.3) is 10.2 Å². The largest absolute Gasteiger partial charge is 0.497 e. The van der Waals surface area contributed by atoms with Crippen molar-refractivity contribution in [2.24, 2.45) is 0 Å². The van der Waals surface area contributed by atoms with Crippen molar-refractivity contribution < 1.29 is 19.0 Å². The van der Waals surface area contributed by atoms with E-state index >= 15 is 0 Å². The molecular weight excluding hydrogens is 412 g/mol. The molecule has 3 aromatic carbocycles. The Balaban J connectivity index is 1.52. The molecule has 1 aromatic heterocycles. The van der Waals surface area contributed by atoms with E-state index in [0.29, 0.717) is 41.3 Å². The van der Waals surface area contributed by atoms with Gasteiger partial charge in [-0.15, -0.1) is 0 Å². The van der Waals surface area contributed by atoms with E-state index in [-0.39, 0.29) is 12.3 Å². The number of benzene rings is 3. The number of carbonyl (C=O) groups excluding carboxylic acids is 1. The molecule has 2 heterocycles. The maximum Gasteiger partial charge on any atom is 0.237 e. The topological polar surface area (TPSA) is 60.9 Å². The highest BCUT2D eigenvalue weighted by Gasteiger charge is 2.23. The molecule has 1 amide bonds. The third kappa shape index (κ3) is 3.92. The maximum atomic E-state index is 13.5. The Labute approximate surface area is 183 Å². The van der Waals surface area contributed by atoms with Gasteiger partial charge in [0.2, 0.25) is 5.91 Å². The Hall–Kier alpha value is -3.58. The van der Waals surface area contributed by atoms with Crippen LogP contribution in [0, 0.1) is 0 Å². The second-order valence-electron chi connectivity index (χ2n) is 7.05. The summed E-state index contributed by atoms with van der Waals surface area (Å²) in [5.41, 5.74) is 2.42. The molecule has 0 bridgehead atoms. The monoisotopic (exact) mass is 432 g/mol. The third-order valence-corrected chi connectivity index (χ3v) is 6.02. The summed E-state index contributed by atoms with van der Waals surface area (Å²) in [7, 11) is 1.61. The summed E-state index contributed by atoms with van der Waals surface area (Å²) in [5, 5.41) is 0.622. The molecule has 0 aliphatic carbocycles. The van der Waals surface area contributed by atoms with E-state index in [0.717, 1.165) is 15.8 Å². The molecule has 0 fully saturated rings. The van der Waals surface area contributed by atoms with Crippen molar-refractivity contribution in [1.82, 2.24) is 4.98 Å². The number of ether oxygens (including phenoxy) is 3. The predicted molar refractivity (Wildman–Crippen MR) is 121 cm³/mol. The van der Waals surface area contributed by atoms with Crippen LogP contribution >= 0.6 is 11.3 Å². The molecule has 0 N–H and O–H groups in total. The second kappa shape index (κ2) is 8.28. The van der Waals surface area contributed by atoms with Gasteiger partial charge in [-0.25, -0.2) is 4.98 Å². The fourth-order valence-corrected chi connectivity index (χ4v) is 4.52. The van der Waals surface area contributed by atoms with Crippen LogP contribution in [-0.2, 0) is 11.2 Å². The molecule has 5 rings (SSSR count). The lowest BCUT2D eigenvalue weighted by Crippen LogP contribution is -2.27. The van der Waals surface area contributed by atoms with Crippen molar-refractivity contribution in [1.29, 1.82) is 0 Å². The van der Waals surface area contributed by atoms with Crippen molar-refractivity contribution in [3.05, 3.63) is 72.3 Å². The first-order valence-electron chi connectivity index (χ1n) is 9.92. The van der Waals surface area contributed by atoms with Crippen LogP contribution in [0.15, 0.2) is 66.7 Å². The number of carbonyl (C=O) groups is 1. The van der Waals surface area contributed by atoms with E-state index in [1.807, 2.05) is 66.7 Å². The fourth-order valence-electron chi connectivity index (χ4n) is 3.52. The molecular formula is C24H20N2O4S. The molecule has 0 radical (unpaired) electrons. The van der Waals surface area contributed by atoms with Crippen LogP contribution < -0.4 is 19.1 Å². The molecule has 0 saturated carbocycles. The van der Waals surface area contributed by atoms with E-state index in [1.165, 1.54) is 11.3 Å². The van der Waals surface area contributed by atoms with Crippen molar-refractivity contribution >= 4 is 38.3 Å². The lowest BCUT2D eigenvalue weighted by atomic mass is 10.1. The minimum Gasteiger partial charge on any atom is -0.497 e. The summed E-state index contributed by atoms with van der Waals surface area (Å²) in [6.07, 6.45) is 0.198. The number of rotatable bonds is 5. The van der Waals surface area contributed by atoms with Gasteiger partial charge in [0.15, 0.2) is 16.6 Å². The quantitative estimate of drug-likeness (QED) is 0.445. The number of nitrogens with zero attached hydrogens (tertiary/aromatic N) is 2. The summed E-state index contributed by atoms with van der Waals surface area (Å²) in [4.78, 5) is 19.9. The molecule has 156 valence electrons. The molecule has 1 aliphatic heterocycles. The zero-order valence-corrected chi connectivity index (χ0v) is 17.7. The fraction of sp³-hybridized carbons (Fsp3) is 0.167. The van der Waals surface area contributed by atoms with Gasteiger partial charge in [-0.1, -0.05) is 35.6 Å². The highest BCUT2D eigenvalue weighted by Crippen LogP contribution is 2.36. The van der Waals surface area contributed by atoms with E-state index in [1.54, 1.807) is 12.0 Å². The van der Waals surface area contributed by atoms with Gasteiger partial charge < -0.3 is 14.2 Å². The average molecular weight is 433 g/mol. The Bertz CT molecular complexity index is 1220. The van der Waals surface area contributed by atoms with Crippen molar-refractivity contribution in [3.63, 3.8) is 0 Å². The van der Waals surface area contributed by atoms with Gasteiger partial charge in [-0.3, -0.25) is 9.69 Å². The van der Waals surface area contributed by atoms with Gasteiger partial charge in [0.1, 0.15) is 19.0 Å². The normalized spacial score (nSPS) is 12.5. The molecule has 4 aromatic rings. The Morgan fingerprint density at radius 2 is 1.87 bits per heavy atom. The van der Waals surface area contributed by atoms with E-state index in [9.17, 15) is 4.79 Å².